The molecule has 1 amide bonds. The van der Waals surface area contributed by atoms with Crippen LogP contribution in [0, 0.1) is 13.8 Å². The van der Waals surface area contributed by atoms with Gasteiger partial charge in [0.25, 0.3) is 15.9 Å². The molecule has 0 aliphatic carbocycles. The number of nitrogens with one attached hydrogen (secondary N) is 3. The van der Waals surface area contributed by atoms with E-state index in [0.717, 1.165) is 22.2 Å². The summed E-state index contributed by atoms with van der Waals surface area (Å²) in [6, 6.07) is 27.1. The smallest absolute Gasteiger partial charge is 0.261 e. The van der Waals surface area contributed by atoms with Gasteiger partial charge in [-0.2, -0.15) is 0 Å². The Bertz CT molecular complexity index is 1610. The number of anilines is 2. The molecule has 40 heavy (non-hydrogen) atoms. The third kappa shape index (κ3) is 7.49. The molecule has 10 heteroatoms. The van der Waals surface area contributed by atoms with Crippen molar-refractivity contribution in [2.24, 2.45) is 0 Å². The molecule has 0 aliphatic heterocycles. The number of hydrogen-bond donors (Lipinski definition) is 3. The molecule has 0 aliphatic rings. The van der Waals surface area contributed by atoms with E-state index in [1.54, 1.807) is 24.3 Å². The Morgan fingerprint density at radius 3 is 2.25 bits per heavy atom. The Morgan fingerprint density at radius 2 is 1.57 bits per heavy atom. The van der Waals surface area contributed by atoms with Crippen LogP contribution < -0.4 is 25.6 Å². The molecule has 4 aromatic rings. The van der Waals surface area contributed by atoms with Crippen molar-refractivity contribution in [1.29, 1.82) is 0 Å². The van der Waals surface area contributed by atoms with Crippen LogP contribution in [0.2, 0.25) is 0 Å². The summed E-state index contributed by atoms with van der Waals surface area (Å²) in [4.78, 5) is 13.2. The number of ether oxygens (including phenoxy) is 1. The molecule has 0 fully saturated rings. The van der Waals surface area contributed by atoms with Gasteiger partial charge in [0.15, 0.2) is 5.11 Å². The minimum absolute atomic E-state index is 0.0750. The van der Waals surface area contributed by atoms with Gasteiger partial charge in [-0.1, -0.05) is 66.1 Å². The standard InChI is InChI=1S/C30H30BN3O4S2/c1-20-7-6-8-21(2)28(20)34-40(36,37)25-14-12-24(13-15-25)32-30(39)33-29(35)26-19-23(31)11-16-27(26)38-18-17-22-9-4-3-5-10-22/h3-16,19,34H,17-18,31H2,1-2H3,(H2,32,33,35,39). The molecule has 4 rings (SSSR count). The number of carbonyl (C=O) groups is 1. The fraction of sp³-hybridized carbons (Fsp3) is 0.133. The van der Waals surface area contributed by atoms with Gasteiger partial charge < -0.3 is 10.1 Å². The van der Waals surface area contributed by atoms with Gasteiger partial charge in [0, 0.05) is 12.1 Å². The maximum absolute atomic E-state index is 13.1. The van der Waals surface area contributed by atoms with E-state index in [2.05, 4.69) is 15.4 Å². The van der Waals surface area contributed by atoms with Crippen LogP contribution in [0.1, 0.15) is 27.0 Å². The highest BCUT2D eigenvalue weighted by molar-refractivity contribution is 7.92. The van der Waals surface area contributed by atoms with E-state index >= 15 is 0 Å². The molecule has 0 bridgehead atoms. The molecule has 0 aromatic heterocycles. The third-order valence-electron chi connectivity index (χ3n) is 6.24. The zero-order chi connectivity index (χ0) is 28.7. The number of carbonyl (C=O) groups excluding carboxylic acids is 1. The number of para-hydroxylation sites is 1. The first-order chi connectivity index (χ1) is 19.1. The van der Waals surface area contributed by atoms with Gasteiger partial charge in [-0.05, 0) is 73.1 Å². The molecule has 0 radical (unpaired) electrons. The molecule has 204 valence electrons. The van der Waals surface area contributed by atoms with E-state index in [-0.39, 0.29) is 10.0 Å². The molecular weight excluding hydrogens is 541 g/mol. The molecule has 7 nitrogen and oxygen atoms in total. The zero-order valence-corrected chi connectivity index (χ0v) is 24.2. The predicted molar refractivity (Wildman–Crippen MR) is 167 cm³/mol. The number of benzene rings is 4. The summed E-state index contributed by atoms with van der Waals surface area (Å²) in [5.41, 5.74) is 5.18. The highest BCUT2D eigenvalue weighted by atomic mass is 32.2. The first-order valence-corrected chi connectivity index (χ1v) is 14.6. The quantitative estimate of drug-likeness (QED) is 0.207. The van der Waals surface area contributed by atoms with Gasteiger partial charge in [0.2, 0.25) is 0 Å². The second kappa shape index (κ2) is 12.8. The largest absolute Gasteiger partial charge is 0.492 e. The lowest BCUT2D eigenvalue weighted by molar-refractivity contribution is 0.0974. The van der Waals surface area contributed by atoms with Crippen molar-refractivity contribution in [2.45, 2.75) is 25.2 Å². The Kier molecular flexibility index (Phi) is 9.24. The van der Waals surface area contributed by atoms with Crippen LogP contribution in [0.25, 0.3) is 0 Å². The maximum Gasteiger partial charge on any atom is 0.261 e. The number of hydrogen-bond acceptors (Lipinski definition) is 5. The van der Waals surface area contributed by atoms with Crippen LogP contribution in [-0.2, 0) is 16.4 Å². The van der Waals surface area contributed by atoms with Crippen molar-refractivity contribution in [3.63, 3.8) is 0 Å². The van der Waals surface area contributed by atoms with E-state index in [1.165, 1.54) is 12.1 Å². The molecule has 0 spiro atoms. The topological polar surface area (TPSA) is 96.5 Å². The lowest BCUT2D eigenvalue weighted by Gasteiger charge is -2.15. The Labute approximate surface area is 241 Å². The highest BCUT2D eigenvalue weighted by Gasteiger charge is 2.18. The van der Waals surface area contributed by atoms with Gasteiger partial charge in [0.1, 0.15) is 13.6 Å². The van der Waals surface area contributed by atoms with Gasteiger partial charge >= 0.3 is 0 Å². The summed E-state index contributed by atoms with van der Waals surface area (Å²) in [6.07, 6.45) is 0.710. The number of aryl methyl sites for hydroxylation is 2. The Hall–Kier alpha value is -4.15. The van der Waals surface area contributed by atoms with E-state index in [1.807, 2.05) is 76.3 Å². The van der Waals surface area contributed by atoms with Crippen LogP contribution >= 0.6 is 12.2 Å². The molecule has 4 aromatic carbocycles. The summed E-state index contributed by atoms with van der Waals surface area (Å²) in [5, 5.41) is 5.69. The monoisotopic (exact) mass is 571 g/mol. The lowest BCUT2D eigenvalue weighted by Crippen LogP contribution is -2.34. The summed E-state index contributed by atoms with van der Waals surface area (Å²) >= 11 is 5.35. The predicted octanol–water partition coefficient (Wildman–Crippen LogP) is 4.11. The van der Waals surface area contributed by atoms with E-state index in [4.69, 9.17) is 17.0 Å². The highest BCUT2D eigenvalue weighted by Crippen LogP contribution is 2.24. The number of thiocarbonyl (C=S) groups is 1. The van der Waals surface area contributed by atoms with E-state index in [9.17, 15) is 13.2 Å². The Morgan fingerprint density at radius 1 is 0.900 bits per heavy atom. The third-order valence-corrected chi connectivity index (χ3v) is 7.81. The van der Waals surface area contributed by atoms with Crippen molar-refractivity contribution in [2.75, 3.05) is 16.6 Å². The molecular formula is C30H30BN3O4S2. The average molecular weight is 572 g/mol. The fourth-order valence-electron chi connectivity index (χ4n) is 4.09. The summed E-state index contributed by atoms with van der Waals surface area (Å²) in [6.45, 7) is 4.12. The van der Waals surface area contributed by atoms with E-state index < -0.39 is 15.9 Å². The number of rotatable bonds is 9. The lowest BCUT2D eigenvalue weighted by atomic mass is 9.94. The zero-order valence-electron chi connectivity index (χ0n) is 22.5. The summed E-state index contributed by atoms with van der Waals surface area (Å²) < 4.78 is 34.5. The molecule has 0 atom stereocenters. The van der Waals surface area contributed by atoms with Gasteiger partial charge in [-0.15, -0.1) is 0 Å². The van der Waals surface area contributed by atoms with Crippen LogP contribution in [0.5, 0.6) is 5.75 Å². The summed E-state index contributed by atoms with van der Waals surface area (Å²) in [5.74, 6) is 0.0562. The SMILES string of the molecule is Bc1ccc(OCCc2ccccc2)c(C(=O)NC(=S)Nc2ccc(S(=O)(=O)Nc3c(C)cccc3C)cc2)c1. The Balaban J connectivity index is 1.38. The first-order valence-electron chi connectivity index (χ1n) is 12.7. The maximum atomic E-state index is 13.1. The minimum Gasteiger partial charge on any atom is -0.492 e. The van der Waals surface area contributed by atoms with Crippen LogP contribution in [0.4, 0.5) is 11.4 Å². The second-order valence-corrected chi connectivity index (χ2v) is 11.5. The van der Waals surface area contributed by atoms with Crippen molar-refractivity contribution in [1.82, 2.24) is 5.32 Å². The average Bonchev–Trinajstić information content (AvgIpc) is 2.92. The van der Waals surface area contributed by atoms with Crippen LogP contribution in [0.15, 0.2) is 95.9 Å². The van der Waals surface area contributed by atoms with Crippen molar-refractivity contribution in [3.05, 3.63) is 113 Å². The fourth-order valence-corrected chi connectivity index (χ4v) is 5.50. The van der Waals surface area contributed by atoms with Crippen LogP contribution in [-0.4, -0.2) is 33.9 Å². The molecule has 0 saturated carbocycles. The number of amides is 1. The molecule has 0 heterocycles. The summed E-state index contributed by atoms with van der Waals surface area (Å²) in [7, 11) is -1.89. The van der Waals surface area contributed by atoms with Gasteiger partial charge in [-0.3, -0.25) is 14.8 Å². The minimum atomic E-state index is -3.79. The van der Waals surface area contributed by atoms with Crippen molar-refractivity contribution in [3.8, 4) is 5.75 Å². The van der Waals surface area contributed by atoms with Gasteiger partial charge in [0.05, 0.1) is 22.8 Å². The first kappa shape index (κ1) is 28.9. The molecule has 0 saturated heterocycles. The van der Waals surface area contributed by atoms with Crippen LogP contribution in [0.3, 0.4) is 0 Å². The van der Waals surface area contributed by atoms with Crippen molar-refractivity contribution >= 4 is 57.9 Å². The van der Waals surface area contributed by atoms with Crippen molar-refractivity contribution < 1.29 is 17.9 Å². The second-order valence-electron chi connectivity index (χ2n) is 9.39. The van der Waals surface area contributed by atoms with E-state index in [0.29, 0.717) is 35.7 Å². The van der Waals surface area contributed by atoms with Gasteiger partial charge in [-0.25, -0.2) is 8.42 Å². The normalized spacial score (nSPS) is 10.9. The molecule has 3 N–H and O–H groups in total. The molecule has 0 unspecified atom stereocenters. The number of sulfonamides is 1.